The van der Waals surface area contributed by atoms with E-state index in [9.17, 15) is 27.9 Å². The minimum Gasteiger partial charge on any atom is -0.393 e. The minimum absolute atomic E-state index is 0.0530. The monoisotopic (exact) mass is 423 g/mol. The number of nitrogens with one attached hydrogen (secondary N) is 2. The summed E-state index contributed by atoms with van der Waals surface area (Å²) < 4.78 is 44.0. The van der Waals surface area contributed by atoms with Crippen molar-refractivity contribution in [3.63, 3.8) is 0 Å². The zero-order chi connectivity index (χ0) is 22.1. The zero-order valence-electron chi connectivity index (χ0n) is 16.7. The molecule has 0 spiro atoms. The molecule has 1 aromatic carbocycles. The van der Waals surface area contributed by atoms with Crippen molar-refractivity contribution in [3.8, 4) is 0 Å². The summed E-state index contributed by atoms with van der Waals surface area (Å²) >= 11 is 0. The van der Waals surface area contributed by atoms with Gasteiger partial charge in [-0.05, 0) is 62.4 Å². The lowest BCUT2D eigenvalue weighted by Gasteiger charge is -2.27. The Balaban J connectivity index is 1.72. The summed E-state index contributed by atoms with van der Waals surface area (Å²) in [5.74, 6) is -6.35. The number of aliphatic hydroxyl groups excluding tert-OH is 1. The lowest BCUT2D eigenvalue weighted by atomic mass is 9.93. The Kier molecular flexibility index (Phi) is 6.21. The van der Waals surface area contributed by atoms with Gasteiger partial charge in [-0.25, -0.2) is 4.39 Å². The first kappa shape index (κ1) is 21.9. The van der Waals surface area contributed by atoms with Crippen LogP contribution in [0.3, 0.4) is 0 Å². The van der Waals surface area contributed by atoms with Crippen LogP contribution in [0, 0.1) is 12.7 Å². The average molecular weight is 423 g/mol. The van der Waals surface area contributed by atoms with Gasteiger partial charge in [0.2, 0.25) is 0 Å². The first-order valence-corrected chi connectivity index (χ1v) is 9.69. The van der Waals surface area contributed by atoms with Gasteiger partial charge in [0.05, 0.1) is 17.4 Å². The Morgan fingerprint density at radius 3 is 2.47 bits per heavy atom. The molecule has 2 aromatic rings. The third kappa shape index (κ3) is 4.67. The highest BCUT2D eigenvalue weighted by atomic mass is 19.3. The van der Waals surface area contributed by atoms with E-state index in [0.29, 0.717) is 36.9 Å². The zero-order valence-corrected chi connectivity index (χ0v) is 16.7. The first-order valence-electron chi connectivity index (χ1n) is 9.69. The second-order valence-corrected chi connectivity index (χ2v) is 7.70. The van der Waals surface area contributed by atoms with Crippen molar-refractivity contribution in [2.75, 3.05) is 5.32 Å². The van der Waals surface area contributed by atoms with E-state index in [4.69, 9.17) is 0 Å². The molecule has 1 saturated carbocycles. The van der Waals surface area contributed by atoms with Gasteiger partial charge in [-0.15, -0.1) is 0 Å². The molecule has 3 rings (SSSR count). The molecule has 0 radical (unpaired) electrons. The molecule has 1 heterocycles. The second-order valence-electron chi connectivity index (χ2n) is 7.70. The van der Waals surface area contributed by atoms with E-state index in [1.54, 1.807) is 0 Å². The number of halogens is 3. The van der Waals surface area contributed by atoms with Gasteiger partial charge in [0.25, 0.3) is 11.8 Å². The summed E-state index contributed by atoms with van der Waals surface area (Å²) in [4.78, 5) is 24.7. The molecule has 9 heteroatoms. The fourth-order valence-electron chi connectivity index (χ4n) is 3.54. The molecule has 2 amide bonds. The number of hydrogen-bond donors (Lipinski definition) is 3. The maximum atomic E-state index is 14.8. The molecule has 30 heavy (non-hydrogen) atoms. The second kappa shape index (κ2) is 8.51. The van der Waals surface area contributed by atoms with Crippen LogP contribution in [0.1, 0.15) is 47.3 Å². The van der Waals surface area contributed by atoms with Crippen molar-refractivity contribution in [1.82, 2.24) is 9.88 Å². The molecule has 0 saturated heterocycles. The van der Waals surface area contributed by atoms with Crippen LogP contribution >= 0.6 is 0 Å². The van der Waals surface area contributed by atoms with E-state index in [2.05, 4.69) is 10.6 Å². The van der Waals surface area contributed by atoms with E-state index in [0.717, 1.165) is 10.6 Å². The highest BCUT2D eigenvalue weighted by Crippen LogP contribution is 2.31. The molecule has 0 atom stereocenters. The molecule has 162 valence electrons. The van der Waals surface area contributed by atoms with Crippen LogP contribution in [-0.2, 0) is 17.8 Å². The summed E-state index contributed by atoms with van der Waals surface area (Å²) in [6.07, 6.45) is 2.51. The van der Waals surface area contributed by atoms with Gasteiger partial charge in [0, 0.05) is 25.0 Å². The Morgan fingerprint density at radius 1 is 1.17 bits per heavy atom. The number of anilines is 1. The van der Waals surface area contributed by atoms with Crippen LogP contribution in [0.5, 0.6) is 0 Å². The highest BCUT2D eigenvalue weighted by Gasteiger charge is 2.44. The topological polar surface area (TPSA) is 83.4 Å². The Bertz CT molecular complexity index is 950. The molecular formula is C21H24F3N3O3. The minimum atomic E-state index is -3.84. The number of aliphatic hydroxyl groups is 1. The van der Waals surface area contributed by atoms with Crippen LogP contribution in [0.2, 0.25) is 0 Å². The van der Waals surface area contributed by atoms with E-state index in [-0.39, 0.29) is 5.56 Å². The standard InChI is InChI=1S/C21H24F3N3O3/c1-12-9-15(5-8-17(12)22)25-19(29)13-10-18(27(2)11-13)21(23,24)20(30)26-14-3-6-16(28)7-4-14/h5,8-11,14,16,28H,3-4,6-7H2,1-2H3,(H,25,29)(H,26,30). The molecule has 0 bridgehead atoms. The number of hydrogen-bond acceptors (Lipinski definition) is 3. The summed E-state index contributed by atoms with van der Waals surface area (Å²) in [6, 6.07) is 4.55. The number of carbonyl (C=O) groups is 2. The summed E-state index contributed by atoms with van der Waals surface area (Å²) in [5, 5.41) is 14.4. The third-order valence-electron chi connectivity index (χ3n) is 5.32. The molecule has 1 fully saturated rings. The number of carbonyl (C=O) groups excluding carboxylic acids is 2. The maximum Gasteiger partial charge on any atom is 0.364 e. The maximum absolute atomic E-state index is 14.8. The number of alkyl halides is 2. The summed E-state index contributed by atoms with van der Waals surface area (Å²) in [6.45, 7) is 1.54. The average Bonchev–Trinajstić information content (AvgIpc) is 3.09. The molecule has 3 N–H and O–H groups in total. The Hall–Kier alpha value is -2.81. The van der Waals surface area contributed by atoms with E-state index in [1.807, 2.05) is 0 Å². The van der Waals surface area contributed by atoms with Crippen LogP contribution in [-0.4, -0.2) is 33.6 Å². The van der Waals surface area contributed by atoms with Crippen LogP contribution < -0.4 is 10.6 Å². The van der Waals surface area contributed by atoms with Crippen molar-refractivity contribution in [1.29, 1.82) is 0 Å². The number of benzene rings is 1. The normalized spacial score (nSPS) is 19.4. The lowest BCUT2D eigenvalue weighted by molar-refractivity contribution is -0.149. The molecular weight excluding hydrogens is 399 g/mol. The molecule has 6 nitrogen and oxygen atoms in total. The molecule has 1 aromatic heterocycles. The van der Waals surface area contributed by atoms with Crippen molar-refractivity contribution in [2.24, 2.45) is 7.05 Å². The van der Waals surface area contributed by atoms with Crippen LogP contribution in [0.25, 0.3) is 0 Å². The van der Waals surface area contributed by atoms with E-state index < -0.39 is 41.4 Å². The van der Waals surface area contributed by atoms with Gasteiger partial charge in [0.15, 0.2) is 0 Å². The first-order chi connectivity index (χ1) is 14.1. The van der Waals surface area contributed by atoms with Gasteiger partial charge < -0.3 is 20.3 Å². The summed E-state index contributed by atoms with van der Waals surface area (Å²) in [5.41, 5.74) is -0.00713. The smallest absolute Gasteiger partial charge is 0.364 e. The van der Waals surface area contributed by atoms with Gasteiger partial charge in [-0.2, -0.15) is 8.78 Å². The molecule has 0 unspecified atom stereocenters. The third-order valence-corrected chi connectivity index (χ3v) is 5.32. The van der Waals surface area contributed by atoms with E-state index in [1.165, 1.54) is 38.4 Å². The fourth-order valence-corrected chi connectivity index (χ4v) is 3.54. The van der Waals surface area contributed by atoms with E-state index >= 15 is 0 Å². The predicted octanol–water partition coefficient (Wildman–Crippen LogP) is 3.24. The SMILES string of the molecule is Cc1cc(NC(=O)c2cc(C(F)(F)C(=O)NC3CCC(O)CC3)n(C)c2)ccc1F. The van der Waals surface area contributed by atoms with Crippen molar-refractivity contribution in [2.45, 2.75) is 50.7 Å². The largest absolute Gasteiger partial charge is 0.393 e. The van der Waals surface area contributed by atoms with Gasteiger partial charge in [0.1, 0.15) is 5.82 Å². The fraction of sp³-hybridized carbons (Fsp3) is 0.429. The lowest BCUT2D eigenvalue weighted by Crippen LogP contribution is -2.46. The van der Waals surface area contributed by atoms with Crippen LogP contribution in [0.4, 0.5) is 18.9 Å². The van der Waals surface area contributed by atoms with Gasteiger partial charge in [-0.1, -0.05) is 0 Å². The predicted molar refractivity (Wildman–Crippen MR) is 105 cm³/mol. The quantitative estimate of drug-likeness (QED) is 0.691. The van der Waals surface area contributed by atoms with Gasteiger partial charge in [-0.3, -0.25) is 9.59 Å². The van der Waals surface area contributed by atoms with Crippen molar-refractivity contribution >= 4 is 17.5 Å². The van der Waals surface area contributed by atoms with Crippen molar-refractivity contribution in [3.05, 3.63) is 53.1 Å². The molecule has 0 aliphatic heterocycles. The Morgan fingerprint density at radius 2 is 1.83 bits per heavy atom. The van der Waals surface area contributed by atoms with Crippen molar-refractivity contribution < 1.29 is 27.9 Å². The number of amides is 2. The van der Waals surface area contributed by atoms with Crippen LogP contribution in [0.15, 0.2) is 30.5 Å². The number of aryl methyl sites for hydroxylation is 2. The van der Waals surface area contributed by atoms with Gasteiger partial charge >= 0.3 is 5.92 Å². The molecule has 1 aliphatic rings. The number of rotatable bonds is 5. The number of aromatic nitrogens is 1. The summed E-state index contributed by atoms with van der Waals surface area (Å²) in [7, 11) is 1.33. The Labute approximate surface area is 172 Å². The molecule has 1 aliphatic carbocycles. The highest BCUT2D eigenvalue weighted by molar-refractivity contribution is 6.04. The number of nitrogens with zero attached hydrogens (tertiary/aromatic N) is 1.